The van der Waals surface area contributed by atoms with Crippen molar-refractivity contribution in [3.63, 3.8) is 0 Å². The maximum absolute atomic E-state index is 12.6. The van der Waals surface area contributed by atoms with E-state index in [0.29, 0.717) is 6.42 Å². The number of hydrogen-bond acceptors (Lipinski definition) is 7. The first-order valence-corrected chi connectivity index (χ1v) is 25.6. The summed E-state index contributed by atoms with van der Waals surface area (Å²) in [6.45, 7) is 5.36. The van der Waals surface area contributed by atoms with Crippen molar-refractivity contribution in [2.45, 2.75) is 226 Å². The summed E-state index contributed by atoms with van der Waals surface area (Å²) in [5.74, 6) is -0.810. The molecular weight excluding hydrogens is 760 g/mol. The summed E-state index contributed by atoms with van der Waals surface area (Å²) in [5.41, 5.74) is 0. The Morgan fingerprint density at radius 2 is 0.864 bits per heavy atom. The van der Waals surface area contributed by atoms with Crippen LogP contribution >= 0.6 is 7.82 Å². The third kappa shape index (κ3) is 45.1. The lowest BCUT2D eigenvalue weighted by atomic mass is 10.0. The van der Waals surface area contributed by atoms with Crippen LogP contribution in [-0.4, -0.2) is 42.8 Å². The Labute approximate surface area is 362 Å². The van der Waals surface area contributed by atoms with Crippen LogP contribution < -0.4 is 0 Å². The zero-order valence-corrected chi connectivity index (χ0v) is 39.0. The fraction of sp³-hybridized carbons (Fsp3) is 0.760. The summed E-state index contributed by atoms with van der Waals surface area (Å²) < 4.78 is 32.7. The van der Waals surface area contributed by atoms with Gasteiger partial charge in [-0.05, 0) is 84.0 Å². The zero-order valence-electron chi connectivity index (χ0n) is 38.1. The van der Waals surface area contributed by atoms with Crippen molar-refractivity contribution in [3.8, 4) is 0 Å². The summed E-state index contributed by atoms with van der Waals surface area (Å²) in [6.07, 6.45) is 55.6. The largest absolute Gasteiger partial charge is 0.472 e. The Balaban J connectivity index is 4.03. The van der Waals surface area contributed by atoms with Crippen molar-refractivity contribution in [1.29, 1.82) is 0 Å². The molecule has 2 unspecified atom stereocenters. The van der Waals surface area contributed by atoms with Crippen LogP contribution in [0.3, 0.4) is 0 Å². The van der Waals surface area contributed by atoms with E-state index in [1.165, 1.54) is 89.9 Å². The van der Waals surface area contributed by atoms with Crippen LogP contribution in [0.2, 0.25) is 0 Å². The highest BCUT2D eigenvalue weighted by Gasteiger charge is 2.25. The Bertz CT molecular complexity index is 1140. The van der Waals surface area contributed by atoms with Gasteiger partial charge in [0.1, 0.15) is 6.61 Å². The molecule has 8 nitrogen and oxygen atoms in total. The normalized spacial score (nSPS) is 13.8. The van der Waals surface area contributed by atoms with Crippen LogP contribution in [-0.2, 0) is 32.7 Å². The van der Waals surface area contributed by atoms with Gasteiger partial charge in [0, 0.05) is 12.8 Å². The smallest absolute Gasteiger partial charge is 0.462 e. The molecule has 0 spiro atoms. The molecule has 0 saturated carbocycles. The highest BCUT2D eigenvalue weighted by Crippen LogP contribution is 2.43. The van der Waals surface area contributed by atoms with Crippen LogP contribution in [0, 0.1) is 0 Å². The average molecular weight is 849 g/mol. The number of carbonyl (C=O) groups is 2. The van der Waals surface area contributed by atoms with Crippen molar-refractivity contribution >= 4 is 19.8 Å². The Morgan fingerprint density at radius 1 is 0.475 bits per heavy atom. The second-order valence-electron chi connectivity index (χ2n) is 15.7. The van der Waals surface area contributed by atoms with E-state index in [0.717, 1.165) is 89.9 Å². The van der Waals surface area contributed by atoms with Gasteiger partial charge in [-0.25, -0.2) is 4.57 Å². The first-order chi connectivity index (χ1) is 28.8. The van der Waals surface area contributed by atoms with Gasteiger partial charge in [-0.3, -0.25) is 18.6 Å². The van der Waals surface area contributed by atoms with Crippen LogP contribution in [0.15, 0.2) is 60.8 Å². The molecule has 9 heteroatoms. The molecule has 342 valence electrons. The molecule has 0 aliphatic heterocycles. The topological polar surface area (TPSA) is 108 Å². The minimum Gasteiger partial charge on any atom is -0.462 e. The molecule has 0 bridgehead atoms. The molecule has 0 aromatic heterocycles. The number of phosphoric ester groups is 1. The number of ether oxygens (including phenoxy) is 2. The fourth-order valence-electron chi connectivity index (χ4n) is 6.56. The third-order valence-electron chi connectivity index (χ3n) is 10.1. The van der Waals surface area contributed by atoms with E-state index in [4.69, 9.17) is 18.5 Å². The first kappa shape index (κ1) is 56.8. The number of hydrogen-bond donors (Lipinski definition) is 1. The van der Waals surface area contributed by atoms with E-state index in [-0.39, 0.29) is 32.0 Å². The summed E-state index contributed by atoms with van der Waals surface area (Å²) in [6, 6.07) is 0. The molecule has 59 heavy (non-hydrogen) atoms. The van der Waals surface area contributed by atoms with Gasteiger partial charge >= 0.3 is 19.8 Å². The standard InChI is InChI=1S/C50H89O8P/c1-4-7-9-11-13-15-17-19-21-23-24-25-26-27-28-29-31-33-35-37-39-41-43-45-50(52)58-48(47-57-59(53,54)56-6-3)46-55-49(51)44-42-40-38-36-34-32-30-22-20-18-16-14-12-10-8-5-2/h7,9,13,15,19,21-22,24-25,30,48H,4-6,8,10-12,14,16-18,20,23,26-29,31-47H2,1-3H3,(H,53,54)/b9-7-,15-13-,21-19-,25-24-,30-22-. The molecule has 0 aromatic carbocycles. The van der Waals surface area contributed by atoms with Crippen LogP contribution in [0.5, 0.6) is 0 Å². The van der Waals surface area contributed by atoms with Crippen molar-refractivity contribution in [2.75, 3.05) is 19.8 Å². The summed E-state index contributed by atoms with van der Waals surface area (Å²) in [7, 11) is -4.29. The molecule has 0 aromatic rings. The minimum atomic E-state index is -4.29. The van der Waals surface area contributed by atoms with Gasteiger partial charge in [0.2, 0.25) is 0 Å². The van der Waals surface area contributed by atoms with Gasteiger partial charge in [-0.1, -0.05) is 184 Å². The molecule has 0 amide bonds. The quantitative estimate of drug-likeness (QED) is 0.0279. The number of allylic oxidation sites excluding steroid dienone is 10. The van der Waals surface area contributed by atoms with E-state index in [2.05, 4.69) is 74.6 Å². The lowest BCUT2D eigenvalue weighted by Crippen LogP contribution is -2.29. The summed E-state index contributed by atoms with van der Waals surface area (Å²) in [4.78, 5) is 34.9. The number of rotatable bonds is 44. The first-order valence-electron chi connectivity index (χ1n) is 24.1. The average Bonchev–Trinajstić information content (AvgIpc) is 3.22. The van der Waals surface area contributed by atoms with Crippen molar-refractivity contribution < 1.29 is 37.6 Å². The lowest BCUT2D eigenvalue weighted by Gasteiger charge is -2.19. The highest BCUT2D eigenvalue weighted by molar-refractivity contribution is 7.47. The summed E-state index contributed by atoms with van der Waals surface area (Å²) >= 11 is 0. The van der Waals surface area contributed by atoms with E-state index in [1.807, 2.05) is 0 Å². The highest BCUT2D eigenvalue weighted by atomic mass is 31.2. The van der Waals surface area contributed by atoms with Gasteiger partial charge < -0.3 is 14.4 Å². The third-order valence-corrected chi connectivity index (χ3v) is 11.1. The van der Waals surface area contributed by atoms with E-state index < -0.39 is 26.5 Å². The second-order valence-corrected chi connectivity index (χ2v) is 17.2. The maximum Gasteiger partial charge on any atom is 0.472 e. The molecule has 0 radical (unpaired) electrons. The summed E-state index contributed by atoms with van der Waals surface area (Å²) in [5, 5.41) is 0. The minimum absolute atomic E-state index is 0.00349. The zero-order chi connectivity index (χ0) is 43.2. The SMILES string of the molecule is CC/C=C\C/C=C\C/C=C\C/C=C\CCCCCCCCCCCCC(=O)OC(COC(=O)CCCCCCC/C=C\CCCCCCCCC)COP(=O)(O)OCC. The number of carbonyl (C=O) groups excluding carboxylic acids is 2. The lowest BCUT2D eigenvalue weighted by molar-refractivity contribution is -0.161. The second kappa shape index (κ2) is 45.3. The molecular formula is C50H89O8P. The number of phosphoric acid groups is 1. The molecule has 0 saturated heterocycles. The van der Waals surface area contributed by atoms with Gasteiger partial charge in [-0.15, -0.1) is 0 Å². The van der Waals surface area contributed by atoms with Gasteiger partial charge in [0.05, 0.1) is 13.2 Å². The molecule has 0 heterocycles. The molecule has 2 atom stereocenters. The number of unbranched alkanes of at least 4 members (excludes halogenated alkanes) is 22. The molecule has 0 aliphatic carbocycles. The van der Waals surface area contributed by atoms with Crippen LogP contribution in [0.4, 0.5) is 0 Å². The van der Waals surface area contributed by atoms with Crippen molar-refractivity contribution in [2.24, 2.45) is 0 Å². The number of esters is 2. The van der Waals surface area contributed by atoms with Crippen LogP contribution in [0.1, 0.15) is 220 Å². The van der Waals surface area contributed by atoms with Gasteiger partial charge in [-0.2, -0.15) is 0 Å². The molecule has 0 fully saturated rings. The monoisotopic (exact) mass is 849 g/mol. The fourth-order valence-corrected chi connectivity index (χ4v) is 7.31. The van der Waals surface area contributed by atoms with E-state index in [9.17, 15) is 19.0 Å². The van der Waals surface area contributed by atoms with E-state index in [1.54, 1.807) is 6.92 Å². The van der Waals surface area contributed by atoms with Crippen molar-refractivity contribution in [3.05, 3.63) is 60.8 Å². The maximum atomic E-state index is 12.6. The van der Waals surface area contributed by atoms with Crippen LogP contribution in [0.25, 0.3) is 0 Å². The predicted octanol–water partition coefficient (Wildman–Crippen LogP) is 15.5. The molecule has 1 N–H and O–H groups in total. The molecule has 0 aliphatic rings. The Kier molecular flexibility index (Phi) is 43.6. The van der Waals surface area contributed by atoms with Gasteiger partial charge in [0.25, 0.3) is 0 Å². The van der Waals surface area contributed by atoms with E-state index >= 15 is 0 Å². The van der Waals surface area contributed by atoms with Gasteiger partial charge in [0.15, 0.2) is 6.10 Å². The van der Waals surface area contributed by atoms with Crippen molar-refractivity contribution in [1.82, 2.24) is 0 Å². The molecule has 0 rings (SSSR count). The Hall–Kier alpha value is -2.25. The Morgan fingerprint density at radius 3 is 1.32 bits per heavy atom. The predicted molar refractivity (Wildman–Crippen MR) is 248 cm³/mol.